The third-order valence-corrected chi connectivity index (χ3v) is 4.27. The van der Waals surface area contributed by atoms with E-state index >= 15 is 0 Å². The molecule has 0 bridgehead atoms. The highest BCUT2D eigenvalue weighted by atomic mass is 32.2. The fraction of sp³-hybridized carbons (Fsp3) is 0.500. The summed E-state index contributed by atoms with van der Waals surface area (Å²) in [6.07, 6.45) is 2.50. The van der Waals surface area contributed by atoms with Gasteiger partial charge in [0.05, 0.1) is 5.92 Å². The van der Waals surface area contributed by atoms with E-state index in [1.165, 1.54) is 11.5 Å². The SMILES string of the molecule is CC(C(=O)O)c1ccc(OC2CCSCC2)cc1. The number of carboxylic acids is 1. The van der Waals surface area contributed by atoms with Crippen LogP contribution in [0.3, 0.4) is 0 Å². The Kier molecular flexibility index (Phi) is 4.53. The lowest BCUT2D eigenvalue weighted by molar-refractivity contribution is -0.138. The van der Waals surface area contributed by atoms with E-state index < -0.39 is 11.9 Å². The number of carbonyl (C=O) groups is 1. The second-order valence-corrected chi connectivity index (χ2v) is 5.78. The smallest absolute Gasteiger partial charge is 0.310 e. The summed E-state index contributed by atoms with van der Waals surface area (Å²) in [7, 11) is 0. The van der Waals surface area contributed by atoms with Crippen LogP contribution < -0.4 is 4.74 Å². The predicted molar refractivity (Wildman–Crippen MR) is 73.5 cm³/mol. The minimum atomic E-state index is -0.798. The third kappa shape index (κ3) is 3.42. The summed E-state index contributed by atoms with van der Waals surface area (Å²) in [5.74, 6) is 1.91. The average molecular weight is 266 g/mol. The first kappa shape index (κ1) is 13.3. The maximum absolute atomic E-state index is 10.9. The fourth-order valence-electron chi connectivity index (χ4n) is 1.96. The summed E-state index contributed by atoms with van der Waals surface area (Å²) in [5, 5.41) is 8.93. The van der Waals surface area contributed by atoms with Crippen molar-refractivity contribution in [2.45, 2.75) is 31.8 Å². The number of benzene rings is 1. The van der Waals surface area contributed by atoms with Gasteiger partial charge in [-0.25, -0.2) is 0 Å². The summed E-state index contributed by atoms with van der Waals surface area (Å²) < 4.78 is 5.89. The quantitative estimate of drug-likeness (QED) is 0.909. The number of aliphatic carboxylic acids is 1. The molecule has 1 aliphatic heterocycles. The van der Waals surface area contributed by atoms with E-state index in [9.17, 15) is 4.79 Å². The molecule has 1 saturated heterocycles. The zero-order chi connectivity index (χ0) is 13.0. The molecule has 1 unspecified atom stereocenters. The molecular weight excluding hydrogens is 248 g/mol. The van der Waals surface area contributed by atoms with E-state index in [1.807, 2.05) is 36.0 Å². The topological polar surface area (TPSA) is 46.5 Å². The number of ether oxygens (including phenoxy) is 1. The molecule has 1 fully saturated rings. The molecule has 1 atom stereocenters. The van der Waals surface area contributed by atoms with Crippen molar-refractivity contribution in [3.05, 3.63) is 29.8 Å². The van der Waals surface area contributed by atoms with Crippen LogP contribution in [0.2, 0.25) is 0 Å². The minimum absolute atomic E-state index is 0.314. The Hall–Kier alpha value is -1.16. The van der Waals surface area contributed by atoms with Crippen molar-refractivity contribution in [1.82, 2.24) is 0 Å². The average Bonchev–Trinajstić information content (AvgIpc) is 2.40. The maximum atomic E-state index is 10.9. The molecule has 1 N–H and O–H groups in total. The number of carboxylic acid groups (broad SMARTS) is 1. The van der Waals surface area contributed by atoms with Crippen LogP contribution in [-0.2, 0) is 4.79 Å². The van der Waals surface area contributed by atoms with E-state index in [4.69, 9.17) is 9.84 Å². The standard InChI is InChI=1S/C14H18O3S/c1-10(14(15)16)11-2-4-12(5-3-11)17-13-6-8-18-9-7-13/h2-5,10,13H,6-9H2,1H3,(H,15,16). The first-order valence-corrected chi connectivity index (χ1v) is 7.39. The zero-order valence-corrected chi connectivity index (χ0v) is 11.3. The Bertz CT molecular complexity index is 396. The van der Waals surface area contributed by atoms with Gasteiger partial charge in [-0.2, -0.15) is 11.8 Å². The molecule has 4 heteroatoms. The minimum Gasteiger partial charge on any atom is -0.490 e. The Morgan fingerprint density at radius 3 is 2.50 bits per heavy atom. The van der Waals surface area contributed by atoms with E-state index in [2.05, 4.69) is 0 Å². The van der Waals surface area contributed by atoms with Gasteiger partial charge in [-0.15, -0.1) is 0 Å². The van der Waals surface area contributed by atoms with Gasteiger partial charge in [0.2, 0.25) is 0 Å². The van der Waals surface area contributed by atoms with E-state index in [-0.39, 0.29) is 0 Å². The summed E-state index contributed by atoms with van der Waals surface area (Å²) in [6, 6.07) is 7.42. The van der Waals surface area contributed by atoms with Gasteiger partial charge < -0.3 is 9.84 Å². The van der Waals surface area contributed by atoms with Gasteiger partial charge in [0.15, 0.2) is 0 Å². The molecule has 98 valence electrons. The fourth-order valence-corrected chi connectivity index (χ4v) is 3.03. The van der Waals surface area contributed by atoms with E-state index in [0.29, 0.717) is 6.10 Å². The second-order valence-electron chi connectivity index (χ2n) is 4.56. The van der Waals surface area contributed by atoms with Crippen LogP contribution in [0, 0.1) is 0 Å². The van der Waals surface area contributed by atoms with Gasteiger partial charge in [-0.3, -0.25) is 4.79 Å². The Balaban J connectivity index is 1.96. The van der Waals surface area contributed by atoms with Crippen LogP contribution >= 0.6 is 11.8 Å². The molecular formula is C14H18O3S. The van der Waals surface area contributed by atoms with Crippen LogP contribution in [0.4, 0.5) is 0 Å². The Morgan fingerprint density at radius 1 is 1.33 bits per heavy atom. The largest absolute Gasteiger partial charge is 0.490 e. The van der Waals surface area contributed by atoms with Gasteiger partial charge in [0.1, 0.15) is 11.9 Å². The maximum Gasteiger partial charge on any atom is 0.310 e. The van der Waals surface area contributed by atoms with E-state index in [0.717, 1.165) is 24.2 Å². The van der Waals surface area contributed by atoms with Crippen LogP contribution in [0.5, 0.6) is 5.75 Å². The lowest BCUT2D eigenvalue weighted by atomic mass is 10.0. The third-order valence-electron chi connectivity index (χ3n) is 3.22. The highest BCUT2D eigenvalue weighted by Gasteiger charge is 2.16. The summed E-state index contributed by atoms with van der Waals surface area (Å²) in [4.78, 5) is 10.9. The predicted octanol–water partition coefficient (Wildman–Crippen LogP) is 3.15. The first-order chi connectivity index (χ1) is 8.66. The van der Waals surface area contributed by atoms with Crippen molar-refractivity contribution < 1.29 is 14.6 Å². The lowest BCUT2D eigenvalue weighted by Crippen LogP contribution is -2.22. The van der Waals surface area contributed by atoms with Gasteiger partial charge in [0.25, 0.3) is 0 Å². The number of rotatable bonds is 4. The summed E-state index contributed by atoms with van der Waals surface area (Å²) in [5.41, 5.74) is 0.814. The van der Waals surface area contributed by atoms with Crippen molar-refractivity contribution >= 4 is 17.7 Å². The number of hydrogen-bond donors (Lipinski definition) is 1. The molecule has 0 saturated carbocycles. The summed E-state index contributed by atoms with van der Waals surface area (Å²) >= 11 is 1.97. The van der Waals surface area contributed by atoms with Crippen LogP contribution in [0.25, 0.3) is 0 Å². The van der Waals surface area contributed by atoms with Gasteiger partial charge in [-0.1, -0.05) is 12.1 Å². The monoisotopic (exact) mass is 266 g/mol. The molecule has 1 aromatic carbocycles. The molecule has 0 spiro atoms. The van der Waals surface area contributed by atoms with Crippen molar-refractivity contribution in [3.8, 4) is 5.75 Å². The van der Waals surface area contributed by atoms with Crippen molar-refractivity contribution in [2.75, 3.05) is 11.5 Å². The molecule has 1 heterocycles. The highest BCUT2D eigenvalue weighted by molar-refractivity contribution is 7.99. The normalized spacial score (nSPS) is 18.3. The lowest BCUT2D eigenvalue weighted by Gasteiger charge is -2.22. The van der Waals surface area contributed by atoms with Gasteiger partial charge in [-0.05, 0) is 49.0 Å². The second kappa shape index (κ2) is 6.14. The van der Waals surface area contributed by atoms with Gasteiger partial charge >= 0.3 is 5.97 Å². The van der Waals surface area contributed by atoms with Crippen LogP contribution in [0.15, 0.2) is 24.3 Å². The van der Waals surface area contributed by atoms with Gasteiger partial charge in [0, 0.05) is 0 Å². The molecule has 1 aromatic rings. The molecule has 0 aliphatic carbocycles. The Morgan fingerprint density at radius 2 is 1.94 bits per heavy atom. The molecule has 0 amide bonds. The number of hydrogen-bond acceptors (Lipinski definition) is 3. The molecule has 18 heavy (non-hydrogen) atoms. The van der Waals surface area contributed by atoms with Crippen molar-refractivity contribution in [3.63, 3.8) is 0 Å². The summed E-state index contributed by atoms with van der Waals surface area (Å²) in [6.45, 7) is 1.69. The first-order valence-electron chi connectivity index (χ1n) is 6.24. The Labute approximate surface area is 112 Å². The molecule has 0 aromatic heterocycles. The number of thioether (sulfide) groups is 1. The van der Waals surface area contributed by atoms with E-state index in [1.54, 1.807) is 6.92 Å². The van der Waals surface area contributed by atoms with Crippen LogP contribution in [-0.4, -0.2) is 28.7 Å². The highest BCUT2D eigenvalue weighted by Crippen LogP contribution is 2.24. The van der Waals surface area contributed by atoms with Crippen molar-refractivity contribution in [2.24, 2.45) is 0 Å². The molecule has 1 aliphatic rings. The zero-order valence-electron chi connectivity index (χ0n) is 10.5. The molecule has 2 rings (SSSR count). The van der Waals surface area contributed by atoms with Crippen LogP contribution in [0.1, 0.15) is 31.2 Å². The molecule has 3 nitrogen and oxygen atoms in total. The van der Waals surface area contributed by atoms with Crippen molar-refractivity contribution in [1.29, 1.82) is 0 Å². The molecule has 0 radical (unpaired) electrons.